The predicted octanol–water partition coefficient (Wildman–Crippen LogP) is 1.55. The van der Waals surface area contributed by atoms with Gasteiger partial charge in [-0.25, -0.2) is 4.98 Å². The molecule has 0 spiro atoms. The minimum absolute atomic E-state index is 0.00217. The number of nitrogens with one attached hydrogen (secondary N) is 2. The Morgan fingerprint density at radius 1 is 1.41 bits per heavy atom. The van der Waals surface area contributed by atoms with Crippen molar-refractivity contribution in [2.75, 3.05) is 25.0 Å². The van der Waals surface area contributed by atoms with Crippen LogP contribution >= 0.6 is 11.3 Å². The molecule has 2 aromatic heterocycles. The van der Waals surface area contributed by atoms with Crippen LogP contribution in [0.3, 0.4) is 0 Å². The van der Waals surface area contributed by atoms with Gasteiger partial charge in [0.2, 0.25) is 0 Å². The van der Waals surface area contributed by atoms with E-state index in [4.69, 9.17) is 0 Å². The van der Waals surface area contributed by atoms with E-state index in [1.165, 1.54) is 11.3 Å². The topological polar surface area (TPSA) is 87.1 Å². The second-order valence-electron chi connectivity index (χ2n) is 4.84. The predicted molar refractivity (Wildman–Crippen MR) is 87.1 cm³/mol. The van der Waals surface area contributed by atoms with Crippen molar-refractivity contribution in [3.63, 3.8) is 0 Å². The van der Waals surface area contributed by atoms with E-state index < -0.39 is 0 Å². The first-order chi connectivity index (χ1) is 10.7. The first-order valence-corrected chi connectivity index (χ1v) is 8.03. The molecule has 6 nitrogen and oxygen atoms in total. The molecule has 1 amide bonds. The van der Waals surface area contributed by atoms with Crippen LogP contribution in [0.15, 0.2) is 30.6 Å². The highest BCUT2D eigenvalue weighted by Gasteiger charge is 2.14. The number of thiazole rings is 1. The van der Waals surface area contributed by atoms with Crippen LogP contribution in [0.2, 0.25) is 0 Å². The molecule has 2 rings (SSSR count). The molecule has 0 saturated heterocycles. The number of hydrogen-bond donors (Lipinski definition) is 3. The zero-order chi connectivity index (χ0) is 15.8. The number of amides is 1. The van der Waals surface area contributed by atoms with Gasteiger partial charge in [-0.1, -0.05) is 17.4 Å². The van der Waals surface area contributed by atoms with Gasteiger partial charge < -0.3 is 15.7 Å². The summed E-state index contributed by atoms with van der Waals surface area (Å²) in [5.41, 5.74) is 0.906. The van der Waals surface area contributed by atoms with Gasteiger partial charge in [0.1, 0.15) is 4.88 Å². The van der Waals surface area contributed by atoms with Crippen LogP contribution in [0.1, 0.15) is 22.3 Å². The average molecular weight is 320 g/mol. The van der Waals surface area contributed by atoms with Crippen molar-refractivity contribution >= 4 is 22.4 Å². The zero-order valence-electron chi connectivity index (χ0n) is 12.5. The third kappa shape index (κ3) is 4.78. The van der Waals surface area contributed by atoms with Crippen molar-refractivity contribution in [3.05, 3.63) is 41.2 Å². The lowest BCUT2D eigenvalue weighted by Gasteiger charge is -2.14. The van der Waals surface area contributed by atoms with Crippen molar-refractivity contribution in [2.24, 2.45) is 5.92 Å². The fourth-order valence-corrected chi connectivity index (χ4v) is 2.75. The van der Waals surface area contributed by atoms with Crippen LogP contribution in [0.25, 0.3) is 0 Å². The number of aliphatic hydroxyl groups is 1. The maximum Gasteiger partial charge on any atom is 0.263 e. The monoisotopic (exact) mass is 320 g/mol. The Morgan fingerprint density at radius 3 is 2.95 bits per heavy atom. The molecule has 0 bridgehead atoms. The van der Waals surface area contributed by atoms with E-state index in [1.54, 1.807) is 12.4 Å². The normalized spacial score (nSPS) is 11.9. The summed E-state index contributed by atoms with van der Waals surface area (Å²) in [7, 11) is 0. The van der Waals surface area contributed by atoms with Gasteiger partial charge in [0.25, 0.3) is 5.91 Å². The standard InChI is InChI=1S/C15H20N4O2S/c1-2-16-15-19-9-13(22-15)14(21)18-8-11(10-20)7-12-5-3-4-6-17-12/h3-6,9,11,20H,2,7-8,10H2,1H3,(H,16,19)(H,18,21). The lowest BCUT2D eigenvalue weighted by Crippen LogP contribution is -2.31. The SMILES string of the molecule is CCNc1ncc(C(=O)NCC(CO)Cc2ccccn2)s1. The Hall–Kier alpha value is -1.99. The number of aromatic nitrogens is 2. The Bertz CT molecular complexity index is 588. The van der Waals surface area contributed by atoms with Gasteiger partial charge in [0, 0.05) is 37.5 Å². The summed E-state index contributed by atoms with van der Waals surface area (Å²) in [6, 6.07) is 5.68. The van der Waals surface area contributed by atoms with Crippen LogP contribution in [0.4, 0.5) is 5.13 Å². The second-order valence-corrected chi connectivity index (χ2v) is 5.87. The Kier molecular flexibility index (Phi) is 6.29. The molecule has 1 atom stereocenters. The van der Waals surface area contributed by atoms with Crippen molar-refractivity contribution < 1.29 is 9.90 Å². The number of anilines is 1. The molecule has 0 aromatic carbocycles. The number of hydrogen-bond acceptors (Lipinski definition) is 6. The van der Waals surface area contributed by atoms with Crippen LogP contribution in [0.5, 0.6) is 0 Å². The van der Waals surface area contributed by atoms with Crippen molar-refractivity contribution in [1.82, 2.24) is 15.3 Å². The molecule has 22 heavy (non-hydrogen) atoms. The maximum absolute atomic E-state index is 12.1. The van der Waals surface area contributed by atoms with E-state index in [1.807, 2.05) is 25.1 Å². The summed E-state index contributed by atoms with van der Waals surface area (Å²) < 4.78 is 0. The number of carbonyl (C=O) groups excluding carboxylic acids is 1. The van der Waals surface area contributed by atoms with Gasteiger partial charge >= 0.3 is 0 Å². The summed E-state index contributed by atoms with van der Waals surface area (Å²) in [4.78, 5) is 21.0. The summed E-state index contributed by atoms with van der Waals surface area (Å²) >= 11 is 1.32. The van der Waals surface area contributed by atoms with E-state index in [2.05, 4.69) is 20.6 Å². The first-order valence-electron chi connectivity index (χ1n) is 7.21. The van der Waals surface area contributed by atoms with E-state index in [0.717, 1.165) is 17.4 Å². The summed E-state index contributed by atoms with van der Waals surface area (Å²) in [5, 5.41) is 16.1. The van der Waals surface area contributed by atoms with Gasteiger partial charge in [-0.2, -0.15) is 0 Å². The van der Waals surface area contributed by atoms with Crippen LogP contribution < -0.4 is 10.6 Å². The lowest BCUT2D eigenvalue weighted by molar-refractivity contribution is 0.0943. The fraction of sp³-hybridized carbons (Fsp3) is 0.400. The van der Waals surface area contributed by atoms with Crippen LogP contribution in [0, 0.1) is 5.92 Å². The minimum Gasteiger partial charge on any atom is -0.396 e. The van der Waals surface area contributed by atoms with Gasteiger partial charge in [-0.15, -0.1) is 0 Å². The molecule has 0 saturated carbocycles. The molecular weight excluding hydrogens is 300 g/mol. The van der Waals surface area contributed by atoms with E-state index in [9.17, 15) is 9.90 Å². The number of carbonyl (C=O) groups is 1. The fourth-order valence-electron chi connectivity index (χ4n) is 1.95. The molecule has 3 N–H and O–H groups in total. The number of pyridine rings is 1. The Labute approximate surface area is 133 Å². The highest BCUT2D eigenvalue weighted by atomic mass is 32.1. The molecular formula is C15H20N4O2S. The third-order valence-corrected chi connectivity index (χ3v) is 4.04. The lowest BCUT2D eigenvalue weighted by atomic mass is 10.0. The zero-order valence-corrected chi connectivity index (χ0v) is 13.3. The highest BCUT2D eigenvalue weighted by Crippen LogP contribution is 2.17. The summed E-state index contributed by atoms with van der Waals surface area (Å²) in [5.74, 6) is -0.221. The molecule has 0 radical (unpaired) electrons. The molecule has 2 aromatic rings. The molecule has 0 aliphatic carbocycles. The quantitative estimate of drug-likeness (QED) is 0.687. The Morgan fingerprint density at radius 2 is 2.27 bits per heavy atom. The smallest absolute Gasteiger partial charge is 0.263 e. The first kappa shape index (κ1) is 16.4. The molecule has 0 fully saturated rings. The van der Waals surface area contributed by atoms with Gasteiger partial charge in [0.05, 0.1) is 6.20 Å². The minimum atomic E-state index is -0.166. The molecule has 7 heteroatoms. The van der Waals surface area contributed by atoms with E-state index in [-0.39, 0.29) is 18.4 Å². The third-order valence-electron chi connectivity index (χ3n) is 3.09. The number of rotatable bonds is 8. The number of aliphatic hydroxyl groups excluding tert-OH is 1. The Balaban J connectivity index is 1.85. The van der Waals surface area contributed by atoms with E-state index >= 15 is 0 Å². The molecule has 0 aliphatic heterocycles. The maximum atomic E-state index is 12.1. The van der Waals surface area contributed by atoms with Gasteiger partial charge in [-0.05, 0) is 25.5 Å². The molecule has 2 heterocycles. The van der Waals surface area contributed by atoms with Crippen molar-refractivity contribution in [3.8, 4) is 0 Å². The van der Waals surface area contributed by atoms with E-state index in [0.29, 0.717) is 17.8 Å². The second kappa shape index (κ2) is 8.45. The largest absolute Gasteiger partial charge is 0.396 e. The molecule has 118 valence electrons. The average Bonchev–Trinajstić information content (AvgIpc) is 3.01. The van der Waals surface area contributed by atoms with Crippen LogP contribution in [-0.4, -0.2) is 40.7 Å². The van der Waals surface area contributed by atoms with Gasteiger partial charge in [-0.3, -0.25) is 9.78 Å². The molecule has 0 aliphatic rings. The van der Waals surface area contributed by atoms with Gasteiger partial charge in [0.15, 0.2) is 5.13 Å². The summed E-state index contributed by atoms with van der Waals surface area (Å²) in [6.45, 7) is 3.15. The number of nitrogens with zero attached hydrogens (tertiary/aromatic N) is 2. The summed E-state index contributed by atoms with van der Waals surface area (Å²) in [6.07, 6.45) is 3.91. The van der Waals surface area contributed by atoms with Crippen molar-refractivity contribution in [2.45, 2.75) is 13.3 Å². The highest BCUT2D eigenvalue weighted by molar-refractivity contribution is 7.17. The van der Waals surface area contributed by atoms with Crippen molar-refractivity contribution in [1.29, 1.82) is 0 Å². The van der Waals surface area contributed by atoms with Crippen LogP contribution in [-0.2, 0) is 6.42 Å². The molecule has 1 unspecified atom stereocenters.